The highest BCUT2D eigenvalue weighted by Crippen LogP contribution is 2.51. The summed E-state index contributed by atoms with van der Waals surface area (Å²) in [4.78, 5) is 0. The number of nitrogens with two attached hydrogens (primary N) is 1. The van der Waals surface area contributed by atoms with Crippen molar-refractivity contribution in [3.63, 3.8) is 0 Å². The van der Waals surface area contributed by atoms with E-state index in [0.717, 1.165) is 5.69 Å². The SMILES string of the molecule is Cc1nn(C)cc1C1(C(C)N)CC1. The maximum atomic E-state index is 6.01. The Morgan fingerprint density at radius 2 is 2.23 bits per heavy atom. The van der Waals surface area contributed by atoms with E-state index < -0.39 is 0 Å². The van der Waals surface area contributed by atoms with Crippen molar-refractivity contribution in [3.05, 3.63) is 17.5 Å². The molecule has 3 nitrogen and oxygen atoms in total. The van der Waals surface area contributed by atoms with E-state index in [1.54, 1.807) is 0 Å². The lowest BCUT2D eigenvalue weighted by Gasteiger charge is -2.18. The summed E-state index contributed by atoms with van der Waals surface area (Å²) in [6, 6.07) is 0.246. The molecule has 0 radical (unpaired) electrons. The monoisotopic (exact) mass is 179 g/mol. The van der Waals surface area contributed by atoms with Gasteiger partial charge in [0, 0.05) is 30.3 Å². The van der Waals surface area contributed by atoms with Crippen LogP contribution in [0.3, 0.4) is 0 Å². The minimum absolute atomic E-state index is 0.246. The Morgan fingerprint density at radius 1 is 1.62 bits per heavy atom. The summed E-state index contributed by atoms with van der Waals surface area (Å²) in [5.74, 6) is 0. The minimum Gasteiger partial charge on any atom is -0.327 e. The van der Waals surface area contributed by atoms with E-state index in [1.807, 2.05) is 11.7 Å². The van der Waals surface area contributed by atoms with Crippen LogP contribution in [0.2, 0.25) is 0 Å². The highest BCUT2D eigenvalue weighted by molar-refractivity contribution is 5.34. The molecule has 1 atom stereocenters. The maximum absolute atomic E-state index is 6.01. The van der Waals surface area contributed by atoms with Gasteiger partial charge in [-0.15, -0.1) is 0 Å². The molecule has 13 heavy (non-hydrogen) atoms. The van der Waals surface area contributed by atoms with E-state index in [0.29, 0.717) is 0 Å². The number of aryl methyl sites for hydroxylation is 2. The molecule has 0 amide bonds. The third-order valence-corrected chi connectivity index (χ3v) is 3.21. The summed E-state index contributed by atoms with van der Waals surface area (Å²) < 4.78 is 1.88. The summed E-state index contributed by atoms with van der Waals surface area (Å²) >= 11 is 0. The molecule has 1 saturated carbocycles. The maximum Gasteiger partial charge on any atom is 0.0631 e. The second kappa shape index (κ2) is 2.58. The Kier molecular flexibility index (Phi) is 1.74. The van der Waals surface area contributed by atoms with Crippen LogP contribution >= 0.6 is 0 Å². The molecule has 72 valence electrons. The van der Waals surface area contributed by atoms with E-state index in [9.17, 15) is 0 Å². The van der Waals surface area contributed by atoms with Crippen LogP contribution in [-0.2, 0) is 12.5 Å². The Labute approximate surface area is 78.9 Å². The van der Waals surface area contributed by atoms with Crippen LogP contribution in [0.1, 0.15) is 31.0 Å². The third kappa shape index (κ3) is 1.18. The lowest BCUT2D eigenvalue weighted by atomic mass is 9.90. The van der Waals surface area contributed by atoms with Crippen molar-refractivity contribution in [2.24, 2.45) is 12.8 Å². The van der Waals surface area contributed by atoms with Gasteiger partial charge in [-0.2, -0.15) is 5.10 Å². The average molecular weight is 179 g/mol. The highest BCUT2D eigenvalue weighted by Gasteiger charge is 2.49. The topological polar surface area (TPSA) is 43.8 Å². The van der Waals surface area contributed by atoms with Crippen molar-refractivity contribution in [3.8, 4) is 0 Å². The molecule has 1 heterocycles. The van der Waals surface area contributed by atoms with Crippen LogP contribution < -0.4 is 5.73 Å². The molecule has 1 aromatic heterocycles. The fourth-order valence-corrected chi connectivity index (χ4v) is 2.19. The molecule has 2 rings (SSSR count). The zero-order valence-corrected chi connectivity index (χ0v) is 8.54. The highest BCUT2D eigenvalue weighted by atomic mass is 15.3. The van der Waals surface area contributed by atoms with Gasteiger partial charge in [0.1, 0.15) is 0 Å². The van der Waals surface area contributed by atoms with Gasteiger partial charge in [0.05, 0.1) is 5.69 Å². The molecule has 3 heteroatoms. The van der Waals surface area contributed by atoms with Crippen molar-refractivity contribution in [1.29, 1.82) is 0 Å². The van der Waals surface area contributed by atoms with Crippen LogP contribution in [0, 0.1) is 6.92 Å². The molecule has 1 fully saturated rings. The number of hydrogen-bond donors (Lipinski definition) is 1. The Bertz CT molecular complexity index is 321. The number of nitrogens with zero attached hydrogens (tertiary/aromatic N) is 2. The second-order valence-electron chi connectivity index (χ2n) is 4.25. The fourth-order valence-electron chi connectivity index (χ4n) is 2.19. The normalized spacial score (nSPS) is 21.5. The van der Waals surface area contributed by atoms with Crippen molar-refractivity contribution in [2.45, 2.75) is 38.1 Å². The largest absolute Gasteiger partial charge is 0.327 e. The van der Waals surface area contributed by atoms with E-state index >= 15 is 0 Å². The Morgan fingerprint density at radius 3 is 2.54 bits per heavy atom. The van der Waals surface area contributed by atoms with Gasteiger partial charge < -0.3 is 5.73 Å². The molecule has 0 bridgehead atoms. The molecule has 1 aromatic rings. The van der Waals surface area contributed by atoms with Gasteiger partial charge in [-0.3, -0.25) is 4.68 Å². The zero-order chi connectivity index (χ0) is 9.64. The van der Waals surface area contributed by atoms with Crippen LogP contribution in [0.5, 0.6) is 0 Å². The molecular formula is C10H17N3. The van der Waals surface area contributed by atoms with Crippen molar-refractivity contribution >= 4 is 0 Å². The van der Waals surface area contributed by atoms with E-state index in [2.05, 4.69) is 25.1 Å². The van der Waals surface area contributed by atoms with E-state index in [4.69, 9.17) is 5.73 Å². The first kappa shape index (κ1) is 8.75. The van der Waals surface area contributed by atoms with Gasteiger partial charge in [0.2, 0.25) is 0 Å². The van der Waals surface area contributed by atoms with Crippen LogP contribution in [-0.4, -0.2) is 15.8 Å². The molecule has 0 aromatic carbocycles. The molecular weight excluding hydrogens is 162 g/mol. The number of aromatic nitrogens is 2. The molecule has 0 spiro atoms. The number of hydrogen-bond acceptors (Lipinski definition) is 2. The molecule has 2 N–H and O–H groups in total. The summed E-state index contributed by atoms with van der Waals surface area (Å²) in [6.45, 7) is 4.16. The molecule has 0 aliphatic heterocycles. The fraction of sp³-hybridized carbons (Fsp3) is 0.700. The third-order valence-electron chi connectivity index (χ3n) is 3.21. The predicted molar refractivity (Wildman–Crippen MR) is 52.5 cm³/mol. The first-order valence-electron chi connectivity index (χ1n) is 4.82. The van der Waals surface area contributed by atoms with Gasteiger partial charge in [0.15, 0.2) is 0 Å². The van der Waals surface area contributed by atoms with E-state index in [1.165, 1.54) is 18.4 Å². The second-order valence-corrected chi connectivity index (χ2v) is 4.25. The van der Waals surface area contributed by atoms with E-state index in [-0.39, 0.29) is 11.5 Å². The van der Waals surface area contributed by atoms with Crippen LogP contribution in [0.4, 0.5) is 0 Å². The zero-order valence-electron chi connectivity index (χ0n) is 8.54. The summed E-state index contributed by atoms with van der Waals surface area (Å²) in [5, 5.41) is 4.36. The summed E-state index contributed by atoms with van der Waals surface area (Å²) in [6.07, 6.45) is 4.56. The molecule has 1 aliphatic carbocycles. The first-order valence-corrected chi connectivity index (χ1v) is 4.82. The van der Waals surface area contributed by atoms with Gasteiger partial charge in [-0.1, -0.05) is 0 Å². The lowest BCUT2D eigenvalue weighted by Crippen LogP contribution is -2.31. The molecule has 1 unspecified atom stereocenters. The van der Waals surface area contributed by atoms with Crippen LogP contribution in [0.25, 0.3) is 0 Å². The molecule has 0 saturated heterocycles. The van der Waals surface area contributed by atoms with Crippen molar-refractivity contribution in [1.82, 2.24) is 9.78 Å². The number of rotatable bonds is 2. The average Bonchev–Trinajstić information content (AvgIpc) is 2.75. The Hall–Kier alpha value is -0.830. The predicted octanol–water partition coefficient (Wildman–Crippen LogP) is 1.11. The van der Waals surface area contributed by atoms with Gasteiger partial charge >= 0.3 is 0 Å². The van der Waals surface area contributed by atoms with Crippen molar-refractivity contribution in [2.75, 3.05) is 0 Å². The lowest BCUT2D eigenvalue weighted by molar-refractivity contribution is 0.553. The minimum atomic E-state index is 0.246. The standard InChI is InChI=1S/C10H17N3/c1-7-9(6-13(3)12-7)10(4-5-10)8(2)11/h6,8H,4-5,11H2,1-3H3. The quantitative estimate of drug-likeness (QED) is 0.739. The first-order chi connectivity index (χ1) is 6.06. The smallest absolute Gasteiger partial charge is 0.0631 e. The van der Waals surface area contributed by atoms with Gasteiger partial charge in [-0.25, -0.2) is 0 Å². The van der Waals surface area contributed by atoms with Gasteiger partial charge in [0.25, 0.3) is 0 Å². The molecule has 1 aliphatic rings. The summed E-state index contributed by atoms with van der Waals surface area (Å²) in [5.41, 5.74) is 8.74. The Balaban J connectivity index is 2.40. The van der Waals surface area contributed by atoms with Crippen LogP contribution in [0.15, 0.2) is 6.20 Å². The summed E-state index contributed by atoms with van der Waals surface area (Å²) in [7, 11) is 1.97. The van der Waals surface area contributed by atoms with Gasteiger partial charge in [-0.05, 0) is 26.7 Å². The van der Waals surface area contributed by atoms with Crippen molar-refractivity contribution < 1.29 is 0 Å².